The number of phenolic OH excluding ortho intramolecular Hbond substituents is 1. The molecule has 2 N–H and O–H groups in total. The Kier molecular flexibility index (Phi) is 11.4. The highest BCUT2D eigenvalue weighted by Gasteiger charge is 2.32. The van der Waals surface area contributed by atoms with E-state index in [1.165, 1.54) is 7.11 Å². The molecule has 11 heteroatoms. The fourth-order valence-corrected chi connectivity index (χ4v) is 5.92. The summed E-state index contributed by atoms with van der Waals surface area (Å²) in [4.78, 5) is 59.2. The Balaban J connectivity index is 1.32. The fraction of sp³-hybridized carbons (Fsp3) is 0.559. The normalized spacial score (nSPS) is 18.2. The van der Waals surface area contributed by atoms with Crippen LogP contribution in [0.2, 0.25) is 0 Å². The number of piperidine rings is 2. The Labute approximate surface area is 265 Å². The van der Waals surface area contributed by atoms with Crippen LogP contribution in [0.15, 0.2) is 42.7 Å². The molecule has 1 aromatic heterocycles. The van der Waals surface area contributed by atoms with Crippen molar-refractivity contribution >= 4 is 23.9 Å². The monoisotopic (exact) mass is 622 g/mol. The maximum Gasteiger partial charge on any atom is 0.410 e. The van der Waals surface area contributed by atoms with Gasteiger partial charge in [0.05, 0.1) is 25.5 Å². The van der Waals surface area contributed by atoms with Gasteiger partial charge in [-0.05, 0) is 88.1 Å². The Bertz CT molecular complexity index is 1350. The number of hydrogen-bond donors (Lipinski definition) is 2. The van der Waals surface area contributed by atoms with Crippen LogP contribution in [0.1, 0.15) is 77.3 Å². The Morgan fingerprint density at radius 2 is 1.78 bits per heavy atom. The molecular weight excluding hydrogens is 576 g/mol. The molecule has 2 aliphatic rings. The van der Waals surface area contributed by atoms with E-state index in [1.54, 1.807) is 40.4 Å². The zero-order valence-electron chi connectivity index (χ0n) is 26.8. The van der Waals surface area contributed by atoms with Crippen LogP contribution in [0.25, 0.3) is 11.1 Å². The molecule has 0 spiro atoms. The minimum atomic E-state index is -0.674. The van der Waals surface area contributed by atoms with Gasteiger partial charge in [-0.2, -0.15) is 0 Å². The Hall–Kier alpha value is -4.15. The fourth-order valence-electron chi connectivity index (χ4n) is 5.92. The number of likely N-dealkylation sites (tertiary alicyclic amines) is 2. The molecule has 1 aromatic carbocycles. The van der Waals surface area contributed by atoms with Gasteiger partial charge in [0.25, 0.3) is 0 Å². The van der Waals surface area contributed by atoms with Gasteiger partial charge in [-0.25, -0.2) is 4.79 Å². The second kappa shape index (κ2) is 15.2. The van der Waals surface area contributed by atoms with Crippen LogP contribution in [0.5, 0.6) is 5.75 Å². The molecule has 2 atom stereocenters. The van der Waals surface area contributed by atoms with E-state index >= 15 is 0 Å². The van der Waals surface area contributed by atoms with Crippen LogP contribution in [0.4, 0.5) is 4.79 Å². The summed E-state index contributed by atoms with van der Waals surface area (Å²) in [5, 5.41) is 12.9. The maximum atomic E-state index is 13.5. The zero-order chi connectivity index (χ0) is 32.6. The number of pyridine rings is 1. The number of ether oxygens (including phenoxy) is 2. The van der Waals surface area contributed by atoms with Gasteiger partial charge in [0.15, 0.2) is 0 Å². The standard InChI is InChI=1S/C34H46N4O7/c1-34(2,3)45-33(43)37-15-12-23(13-16-37)10-11-30(40)38-14-6-8-25(22-38)32(42)36-29(19-31(41)44-4)27-17-26(20-35-21-27)24-7-5-9-28(39)18-24/h5,7,9,17-18,20-21,23,25,29,39H,6,8,10-16,19,22H2,1-4H3,(H,36,42). The molecular formula is C34H46N4O7. The van der Waals surface area contributed by atoms with Crippen molar-refractivity contribution in [3.05, 3.63) is 48.3 Å². The first kappa shape index (κ1) is 33.7. The van der Waals surface area contributed by atoms with E-state index in [-0.39, 0.29) is 30.1 Å². The van der Waals surface area contributed by atoms with Crippen molar-refractivity contribution < 1.29 is 33.8 Å². The maximum absolute atomic E-state index is 13.5. The van der Waals surface area contributed by atoms with E-state index in [1.807, 2.05) is 32.9 Å². The van der Waals surface area contributed by atoms with Crippen molar-refractivity contribution in [2.24, 2.45) is 11.8 Å². The number of aromatic nitrogens is 1. The highest BCUT2D eigenvalue weighted by atomic mass is 16.6. The Morgan fingerprint density at radius 3 is 2.47 bits per heavy atom. The summed E-state index contributed by atoms with van der Waals surface area (Å²) in [7, 11) is 1.30. The summed E-state index contributed by atoms with van der Waals surface area (Å²) in [5.74, 6) is -0.574. The summed E-state index contributed by atoms with van der Waals surface area (Å²) < 4.78 is 10.4. The number of nitrogens with one attached hydrogen (secondary N) is 1. The summed E-state index contributed by atoms with van der Waals surface area (Å²) in [5.41, 5.74) is 1.60. The smallest absolute Gasteiger partial charge is 0.410 e. The summed E-state index contributed by atoms with van der Waals surface area (Å²) in [6.07, 6.45) is 7.08. The van der Waals surface area contributed by atoms with Crippen LogP contribution in [-0.4, -0.2) is 82.7 Å². The van der Waals surface area contributed by atoms with Crippen LogP contribution in [0, 0.1) is 11.8 Å². The molecule has 0 saturated carbocycles. The quantitative estimate of drug-likeness (QED) is 0.379. The first-order valence-electron chi connectivity index (χ1n) is 15.8. The number of carbonyl (C=O) groups is 4. The van der Waals surface area contributed by atoms with Gasteiger partial charge in [0.1, 0.15) is 11.4 Å². The molecule has 0 aliphatic carbocycles. The van der Waals surface area contributed by atoms with Crippen LogP contribution >= 0.6 is 0 Å². The van der Waals surface area contributed by atoms with Crippen molar-refractivity contribution in [3.8, 4) is 16.9 Å². The van der Waals surface area contributed by atoms with Crippen molar-refractivity contribution in [1.82, 2.24) is 20.1 Å². The predicted octanol–water partition coefficient (Wildman–Crippen LogP) is 4.84. The second-order valence-corrected chi connectivity index (χ2v) is 13.0. The van der Waals surface area contributed by atoms with E-state index < -0.39 is 23.5 Å². The number of hydrogen-bond acceptors (Lipinski definition) is 8. The van der Waals surface area contributed by atoms with E-state index in [4.69, 9.17) is 9.47 Å². The van der Waals surface area contributed by atoms with Crippen molar-refractivity contribution in [2.75, 3.05) is 33.3 Å². The number of esters is 1. The number of aromatic hydroxyl groups is 1. The number of methoxy groups -OCH3 is 1. The molecule has 2 unspecified atom stereocenters. The molecule has 3 amide bonds. The number of amides is 3. The van der Waals surface area contributed by atoms with Crippen molar-refractivity contribution in [1.29, 1.82) is 0 Å². The molecule has 4 rings (SSSR count). The average molecular weight is 623 g/mol. The zero-order valence-corrected chi connectivity index (χ0v) is 26.8. The van der Waals surface area contributed by atoms with Crippen molar-refractivity contribution in [2.45, 2.75) is 77.4 Å². The number of nitrogens with zero attached hydrogens (tertiary/aromatic N) is 3. The van der Waals surface area contributed by atoms with E-state index in [9.17, 15) is 24.3 Å². The molecule has 2 aromatic rings. The summed E-state index contributed by atoms with van der Waals surface area (Å²) >= 11 is 0. The lowest BCUT2D eigenvalue weighted by Gasteiger charge is -2.35. The van der Waals surface area contributed by atoms with Crippen LogP contribution in [0.3, 0.4) is 0 Å². The molecule has 3 heterocycles. The molecule has 2 saturated heterocycles. The molecule has 45 heavy (non-hydrogen) atoms. The van der Waals surface area contributed by atoms with E-state index in [2.05, 4.69) is 10.3 Å². The summed E-state index contributed by atoms with van der Waals surface area (Å²) in [6, 6.07) is 7.94. The van der Waals surface area contributed by atoms with Gasteiger partial charge in [0.2, 0.25) is 11.8 Å². The topological polar surface area (TPSA) is 138 Å². The lowest BCUT2D eigenvalue weighted by molar-refractivity contribution is -0.141. The first-order valence-corrected chi connectivity index (χ1v) is 15.8. The van der Waals surface area contributed by atoms with E-state index in [0.29, 0.717) is 56.9 Å². The predicted molar refractivity (Wildman–Crippen MR) is 168 cm³/mol. The van der Waals surface area contributed by atoms with Crippen LogP contribution < -0.4 is 5.32 Å². The molecule has 2 aliphatic heterocycles. The molecule has 244 valence electrons. The number of carbonyl (C=O) groups excluding carboxylic acids is 4. The second-order valence-electron chi connectivity index (χ2n) is 13.0. The third-order valence-corrected chi connectivity index (χ3v) is 8.43. The van der Waals surface area contributed by atoms with Gasteiger partial charge < -0.3 is 29.7 Å². The van der Waals surface area contributed by atoms with E-state index in [0.717, 1.165) is 30.4 Å². The van der Waals surface area contributed by atoms with Gasteiger partial charge in [-0.1, -0.05) is 12.1 Å². The lowest BCUT2D eigenvalue weighted by atomic mass is 9.91. The van der Waals surface area contributed by atoms with Gasteiger partial charge in [-0.15, -0.1) is 0 Å². The molecule has 11 nitrogen and oxygen atoms in total. The molecule has 0 bridgehead atoms. The molecule has 0 radical (unpaired) electrons. The Morgan fingerprint density at radius 1 is 1.02 bits per heavy atom. The van der Waals surface area contributed by atoms with Gasteiger partial charge >= 0.3 is 12.1 Å². The minimum Gasteiger partial charge on any atom is -0.508 e. The van der Waals surface area contributed by atoms with Gasteiger partial charge in [-0.3, -0.25) is 19.4 Å². The minimum absolute atomic E-state index is 0.0381. The number of benzene rings is 1. The summed E-state index contributed by atoms with van der Waals surface area (Å²) in [6.45, 7) is 7.76. The van der Waals surface area contributed by atoms with Crippen LogP contribution in [-0.2, 0) is 23.9 Å². The lowest BCUT2D eigenvalue weighted by Crippen LogP contribution is -2.46. The number of phenols is 1. The third kappa shape index (κ3) is 9.92. The van der Waals surface area contributed by atoms with Gasteiger partial charge in [0, 0.05) is 50.6 Å². The first-order chi connectivity index (χ1) is 21.4. The highest BCUT2D eigenvalue weighted by Crippen LogP contribution is 2.28. The number of rotatable bonds is 9. The third-order valence-electron chi connectivity index (χ3n) is 8.43. The largest absolute Gasteiger partial charge is 0.508 e. The SMILES string of the molecule is COC(=O)CC(NC(=O)C1CCCN(C(=O)CCC2CCN(C(=O)OC(C)(C)C)CC2)C1)c1cncc(-c2cccc(O)c2)c1. The average Bonchev–Trinajstić information content (AvgIpc) is 3.02. The molecule has 2 fully saturated rings. The highest BCUT2D eigenvalue weighted by molar-refractivity contribution is 5.82. The van der Waals surface area contributed by atoms with Crippen molar-refractivity contribution in [3.63, 3.8) is 0 Å².